The molecule has 0 aliphatic carbocycles. The van der Waals surface area contributed by atoms with Gasteiger partial charge in [-0.05, 0) is 72.9 Å². The summed E-state index contributed by atoms with van der Waals surface area (Å²) in [6.45, 7) is 16.5. The quantitative estimate of drug-likeness (QED) is 0.791. The Morgan fingerprint density at radius 1 is 1.24 bits per heavy atom. The van der Waals surface area contributed by atoms with Crippen molar-refractivity contribution in [2.45, 2.75) is 71.9 Å². The van der Waals surface area contributed by atoms with Gasteiger partial charge in [0.15, 0.2) is 0 Å². The zero-order valence-electron chi connectivity index (χ0n) is 14.9. The van der Waals surface area contributed by atoms with Crippen LogP contribution in [0, 0.1) is 5.92 Å². The molecule has 0 aromatic heterocycles. The van der Waals surface area contributed by atoms with Crippen molar-refractivity contribution in [1.82, 2.24) is 15.5 Å². The van der Waals surface area contributed by atoms with Gasteiger partial charge in [-0.15, -0.1) is 0 Å². The topological polar surface area (TPSA) is 44.4 Å². The zero-order valence-corrected chi connectivity index (χ0v) is 14.9. The maximum Gasteiger partial charge on any atom is 0.234 e. The SMILES string of the molecule is CCC(C)(C)NC(=O)CN1CCCC(CNC(C)(C)C)C1. The molecule has 1 amide bonds. The molecule has 1 atom stereocenters. The Morgan fingerprint density at radius 3 is 2.48 bits per heavy atom. The van der Waals surface area contributed by atoms with Crippen LogP contribution in [-0.2, 0) is 4.79 Å². The largest absolute Gasteiger partial charge is 0.350 e. The molecule has 1 fully saturated rings. The van der Waals surface area contributed by atoms with Crippen molar-refractivity contribution in [3.05, 3.63) is 0 Å². The van der Waals surface area contributed by atoms with Gasteiger partial charge in [-0.1, -0.05) is 6.92 Å². The predicted octanol–water partition coefficient (Wildman–Crippen LogP) is 2.39. The first kappa shape index (κ1) is 18.4. The highest BCUT2D eigenvalue weighted by Crippen LogP contribution is 2.17. The summed E-state index contributed by atoms with van der Waals surface area (Å²) in [4.78, 5) is 14.4. The van der Waals surface area contributed by atoms with Gasteiger partial charge in [0.25, 0.3) is 0 Å². The van der Waals surface area contributed by atoms with Gasteiger partial charge in [0.2, 0.25) is 5.91 Å². The molecule has 124 valence electrons. The molecule has 21 heavy (non-hydrogen) atoms. The lowest BCUT2D eigenvalue weighted by Gasteiger charge is -2.35. The van der Waals surface area contributed by atoms with E-state index in [1.807, 2.05) is 0 Å². The number of hydrogen-bond donors (Lipinski definition) is 2. The van der Waals surface area contributed by atoms with Crippen molar-refractivity contribution in [3.63, 3.8) is 0 Å². The smallest absolute Gasteiger partial charge is 0.234 e. The van der Waals surface area contributed by atoms with Crippen molar-refractivity contribution in [2.75, 3.05) is 26.2 Å². The number of carbonyl (C=O) groups excluding carboxylic acids is 1. The Balaban J connectivity index is 2.37. The van der Waals surface area contributed by atoms with Crippen molar-refractivity contribution in [2.24, 2.45) is 5.92 Å². The van der Waals surface area contributed by atoms with E-state index >= 15 is 0 Å². The second kappa shape index (κ2) is 7.59. The Hall–Kier alpha value is -0.610. The highest BCUT2D eigenvalue weighted by atomic mass is 16.2. The van der Waals surface area contributed by atoms with Crippen LogP contribution in [0.1, 0.15) is 60.8 Å². The van der Waals surface area contributed by atoms with E-state index in [9.17, 15) is 4.79 Å². The second-order valence-electron chi connectivity index (χ2n) is 8.16. The van der Waals surface area contributed by atoms with Crippen LogP contribution in [0.15, 0.2) is 0 Å². The average Bonchev–Trinajstić information content (AvgIpc) is 2.35. The lowest BCUT2D eigenvalue weighted by atomic mass is 9.96. The maximum atomic E-state index is 12.1. The van der Waals surface area contributed by atoms with Gasteiger partial charge in [-0.3, -0.25) is 9.69 Å². The number of nitrogens with zero attached hydrogens (tertiary/aromatic N) is 1. The van der Waals surface area contributed by atoms with E-state index in [-0.39, 0.29) is 17.0 Å². The van der Waals surface area contributed by atoms with Crippen molar-refractivity contribution < 1.29 is 4.79 Å². The molecule has 0 bridgehead atoms. The summed E-state index contributed by atoms with van der Waals surface area (Å²) in [7, 11) is 0. The summed E-state index contributed by atoms with van der Waals surface area (Å²) in [6.07, 6.45) is 3.42. The van der Waals surface area contributed by atoms with E-state index in [0.717, 1.165) is 26.1 Å². The monoisotopic (exact) mass is 297 g/mol. The van der Waals surface area contributed by atoms with Gasteiger partial charge in [-0.25, -0.2) is 0 Å². The van der Waals surface area contributed by atoms with Crippen molar-refractivity contribution in [3.8, 4) is 0 Å². The fourth-order valence-electron chi connectivity index (χ4n) is 2.62. The van der Waals surface area contributed by atoms with Crippen LogP contribution in [0.2, 0.25) is 0 Å². The van der Waals surface area contributed by atoms with Gasteiger partial charge in [0, 0.05) is 17.6 Å². The summed E-state index contributed by atoms with van der Waals surface area (Å²) in [5.41, 5.74) is 0.0743. The average molecular weight is 297 g/mol. The molecule has 1 aliphatic rings. The minimum atomic E-state index is -0.0972. The Labute approximate surface area is 131 Å². The van der Waals surface area contributed by atoms with E-state index in [2.05, 4.69) is 57.1 Å². The summed E-state index contributed by atoms with van der Waals surface area (Å²) >= 11 is 0. The van der Waals surface area contributed by atoms with Gasteiger partial charge in [-0.2, -0.15) is 0 Å². The Morgan fingerprint density at radius 2 is 1.90 bits per heavy atom. The second-order valence-corrected chi connectivity index (χ2v) is 8.16. The highest BCUT2D eigenvalue weighted by Gasteiger charge is 2.24. The number of carbonyl (C=O) groups is 1. The molecule has 4 nitrogen and oxygen atoms in total. The number of nitrogens with one attached hydrogen (secondary N) is 2. The summed E-state index contributed by atoms with van der Waals surface area (Å²) in [5, 5.41) is 6.71. The summed E-state index contributed by atoms with van der Waals surface area (Å²) < 4.78 is 0. The molecular weight excluding hydrogens is 262 g/mol. The van der Waals surface area contributed by atoms with E-state index in [0.29, 0.717) is 12.5 Å². The van der Waals surface area contributed by atoms with E-state index in [1.165, 1.54) is 12.8 Å². The molecule has 0 aromatic rings. The molecule has 4 heteroatoms. The van der Waals surface area contributed by atoms with Crippen LogP contribution in [0.25, 0.3) is 0 Å². The molecule has 0 radical (unpaired) electrons. The lowest BCUT2D eigenvalue weighted by Crippen LogP contribution is -2.50. The van der Waals surface area contributed by atoms with Crippen LogP contribution in [-0.4, -0.2) is 48.1 Å². The van der Waals surface area contributed by atoms with Crippen molar-refractivity contribution in [1.29, 1.82) is 0 Å². The fraction of sp³-hybridized carbons (Fsp3) is 0.941. The minimum absolute atomic E-state index is 0.0972. The van der Waals surface area contributed by atoms with Crippen LogP contribution in [0.5, 0.6) is 0 Å². The first-order valence-electron chi connectivity index (χ1n) is 8.40. The van der Waals surface area contributed by atoms with E-state index < -0.39 is 0 Å². The molecule has 0 spiro atoms. The summed E-state index contributed by atoms with van der Waals surface area (Å²) in [5.74, 6) is 0.816. The van der Waals surface area contributed by atoms with Gasteiger partial charge in [0.1, 0.15) is 0 Å². The van der Waals surface area contributed by atoms with Crippen LogP contribution in [0.4, 0.5) is 0 Å². The molecule has 1 aliphatic heterocycles. The maximum absolute atomic E-state index is 12.1. The van der Waals surface area contributed by atoms with Gasteiger partial charge in [0.05, 0.1) is 6.54 Å². The van der Waals surface area contributed by atoms with Gasteiger partial charge >= 0.3 is 0 Å². The zero-order chi connectivity index (χ0) is 16.1. The molecule has 1 unspecified atom stereocenters. The minimum Gasteiger partial charge on any atom is -0.350 e. The van der Waals surface area contributed by atoms with Crippen LogP contribution in [0.3, 0.4) is 0 Å². The third-order valence-corrected chi connectivity index (χ3v) is 4.25. The van der Waals surface area contributed by atoms with E-state index in [4.69, 9.17) is 0 Å². The Kier molecular flexibility index (Phi) is 6.67. The van der Waals surface area contributed by atoms with Crippen molar-refractivity contribution >= 4 is 5.91 Å². The number of hydrogen-bond acceptors (Lipinski definition) is 3. The summed E-state index contributed by atoms with van der Waals surface area (Å²) in [6, 6.07) is 0. The van der Waals surface area contributed by atoms with Gasteiger partial charge < -0.3 is 10.6 Å². The lowest BCUT2D eigenvalue weighted by molar-refractivity contribution is -0.124. The Bertz CT molecular complexity index is 333. The van der Waals surface area contributed by atoms with Crippen LogP contribution < -0.4 is 10.6 Å². The van der Waals surface area contributed by atoms with E-state index in [1.54, 1.807) is 0 Å². The molecule has 1 rings (SSSR count). The van der Waals surface area contributed by atoms with Crippen LogP contribution >= 0.6 is 0 Å². The normalized spacial score (nSPS) is 21.3. The fourth-order valence-corrected chi connectivity index (χ4v) is 2.62. The number of rotatable bonds is 6. The molecular formula is C17H35N3O. The first-order valence-corrected chi connectivity index (χ1v) is 8.40. The number of likely N-dealkylation sites (tertiary alicyclic amines) is 1. The first-order chi connectivity index (χ1) is 9.61. The third-order valence-electron chi connectivity index (χ3n) is 4.25. The molecule has 0 aromatic carbocycles. The molecule has 1 saturated heterocycles. The highest BCUT2D eigenvalue weighted by molar-refractivity contribution is 5.78. The third kappa shape index (κ3) is 7.82. The number of amides is 1. The molecule has 2 N–H and O–H groups in total. The standard InChI is InChI=1S/C17H35N3O/c1-7-17(5,6)19-15(21)13-20-10-8-9-14(12-20)11-18-16(2,3)4/h14,18H,7-13H2,1-6H3,(H,19,21). The molecule has 1 heterocycles. The predicted molar refractivity (Wildman–Crippen MR) is 89.4 cm³/mol. The number of piperidine rings is 1. The molecule has 0 saturated carbocycles.